The fourth-order valence-corrected chi connectivity index (χ4v) is 2.87. The zero-order valence-corrected chi connectivity index (χ0v) is 12.3. The summed E-state index contributed by atoms with van der Waals surface area (Å²) in [4.78, 5) is 14.2. The highest BCUT2D eigenvalue weighted by Crippen LogP contribution is 2.26. The second-order valence-electron chi connectivity index (χ2n) is 6.34. The van der Waals surface area contributed by atoms with Crippen molar-refractivity contribution in [1.82, 2.24) is 10.2 Å². The van der Waals surface area contributed by atoms with Crippen molar-refractivity contribution >= 4 is 5.91 Å². The van der Waals surface area contributed by atoms with Gasteiger partial charge in [-0.25, -0.2) is 0 Å². The minimum atomic E-state index is -0.595. The molecule has 5 nitrogen and oxygen atoms in total. The second kappa shape index (κ2) is 5.77. The number of hydrogen-bond donors (Lipinski definition) is 2. The van der Waals surface area contributed by atoms with Crippen LogP contribution in [0.1, 0.15) is 40.0 Å². The summed E-state index contributed by atoms with van der Waals surface area (Å²) in [6.07, 6.45) is 3.34. The Morgan fingerprint density at radius 1 is 1.58 bits per heavy atom. The third kappa shape index (κ3) is 3.91. The summed E-state index contributed by atoms with van der Waals surface area (Å²) in [5, 5.41) is 3.42. The Bertz CT molecular complexity index is 333. The summed E-state index contributed by atoms with van der Waals surface area (Å²) >= 11 is 0. The van der Waals surface area contributed by atoms with Crippen LogP contribution in [0.4, 0.5) is 0 Å². The van der Waals surface area contributed by atoms with Crippen molar-refractivity contribution in [1.29, 1.82) is 0 Å². The fourth-order valence-electron chi connectivity index (χ4n) is 2.87. The van der Waals surface area contributed by atoms with E-state index in [1.54, 1.807) is 0 Å². The van der Waals surface area contributed by atoms with Gasteiger partial charge in [-0.2, -0.15) is 0 Å². The van der Waals surface area contributed by atoms with Crippen LogP contribution in [-0.4, -0.2) is 54.2 Å². The first-order valence-electron chi connectivity index (χ1n) is 7.34. The molecule has 3 unspecified atom stereocenters. The molecular weight excluding hydrogens is 242 g/mol. The molecule has 1 aliphatic heterocycles. The zero-order chi connectivity index (χ0) is 14.0. The van der Waals surface area contributed by atoms with E-state index in [-0.39, 0.29) is 12.0 Å². The molecule has 19 heavy (non-hydrogen) atoms. The Morgan fingerprint density at radius 2 is 2.26 bits per heavy atom. The molecule has 1 saturated carbocycles. The summed E-state index contributed by atoms with van der Waals surface area (Å²) in [5.74, 6) is -0.243. The van der Waals surface area contributed by atoms with E-state index < -0.39 is 5.54 Å². The van der Waals surface area contributed by atoms with Crippen molar-refractivity contribution in [2.24, 2.45) is 5.73 Å². The van der Waals surface area contributed by atoms with Gasteiger partial charge in [0.1, 0.15) is 0 Å². The van der Waals surface area contributed by atoms with Crippen LogP contribution < -0.4 is 11.1 Å². The lowest BCUT2D eigenvalue weighted by molar-refractivity contribution is -0.125. The van der Waals surface area contributed by atoms with Gasteiger partial charge in [0.25, 0.3) is 0 Å². The summed E-state index contributed by atoms with van der Waals surface area (Å²) in [7, 11) is 0. The average Bonchev–Trinajstić information content (AvgIpc) is 3.12. The van der Waals surface area contributed by atoms with Crippen LogP contribution in [0.3, 0.4) is 0 Å². The Labute approximate surface area is 115 Å². The molecule has 1 aliphatic carbocycles. The van der Waals surface area contributed by atoms with Gasteiger partial charge in [-0.3, -0.25) is 9.69 Å². The third-order valence-electron chi connectivity index (χ3n) is 4.24. The largest absolute Gasteiger partial charge is 0.376 e. The molecule has 1 amide bonds. The highest BCUT2D eigenvalue weighted by Gasteiger charge is 2.39. The van der Waals surface area contributed by atoms with Crippen LogP contribution in [0.5, 0.6) is 0 Å². The minimum absolute atomic E-state index is 0.243. The topological polar surface area (TPSA) is 67.6 Å². The van der Waals surface area contributed by atoms with E-state index in [9.17, 15) is 4.79 Å². The van der Waals surface area contributed by atoms with Gasteiger partial charge in [0.15, 0.2) is 0 Å². The van der Waals surface area contributed by atoms with Gasteiger partial charge in [0.2, 0.25) is 5.91 Å². The molecule has 3 atom stereocenters. The highest BCUT2D eigenvalue weighted by molar-refractivity contribution is 5.84. The Morgan fingerprint density at radius 3 is 2.79 bits per heavy atom. The first-order valence-corrected chi connectivity index (χ1v) is 7.34. The molecule has 0 aromatic rings. The van der Waals surface area contributed by atoms with Gasteiger partial charge in [0.05, 0.1) is 18.2 Å². The van der Waals surface area contributed by atoms with Crippen molar-refractivity contribution < 1.29 is 9.53 Å². The zero-order valence-electron chi connectivity index (χ0n) is 12.3. The molecule has 0 aromatic heterocycles. The van der Waals surface area contributed by atoms with Gasteiger partial charge in [-0.15, -0.1) is 0 Å². The van der Waals surface area contributed by atoms with Crippen LogP contribution in [-0.2, 0) is 9.53 Å². The van der Waals surface area contributed by atoms with E-state index in [1.165, 1.54) is 0 Å². The molecule has 5 heteroatoms. The molecule has 110 valence electrons. The van der Waals surface area contributed by atoms with Crippen LogP contribution in [0.25, 0.3) is 0 Å². The molecule has 0 radical (unpaired) electrons. The fraction of sp³-hybridized carbons (Fsp3) is 0.929. The number of nitrogens with zero attached hydrogens (tertiary/aromatic N) is 1. The molecule has 2 fully saturated rings. The lowest BCUT2D eigenvalue weighted by atomic mass is 9.91. The van der Waals surface area contributed by atoms with Crippen molar-refractivity contribution in [2.75, 3.05) is 19.7 Å². The Hall–Kier alpha value is -0.650. The van der Waals surface area contributed by atoms with Gasteiger partial charge < -0.3 is 15.8 Å². The molecule has 1 saturated heterocycles. The molecule has 2 aliphatic rings. The van der Waals surface area contributed by atoms with Gasteiger partial charge in [-0.05, 0) is 40.0 Å². The summed E-state index contributed by atoms with van der Waals surface area (Å²) in [6.45, 7) is 8.84. The monoisotopic (exact) mass is 269 g/mol. The molecule has 1 heterocycles. The lowest BCUT2D eigenvalue weighted by Gasteiger charge is -2.39. The number of amides is 1. The number of morpholine rings is 1. The van der Waals surface area contributed by atoms with E-state index in [2.05, 4.69) is 24.1 Å². The van der Waals surface area contributed by atoms with Gasteiger partial charge in [-0.1, -0.05) is 0 Å². The SMILES string of the molecule is CC1CN(C(C)CC(C)(NC2CC2)C(N)=O)CCO1. The molecular formula is C14H27N3O2. The van der Waals surface area contributed by atoms with Gasteiger partial charge >= 0.3 is 0 Å². The van der Waals surface area contributed by atoms with Crippen LogP contribution >= 0.6 is 0 Å². The molecule has 0 bridgehead atoms. The first kappa shape index (κ1) is 14.8. The quantitative estimate of drug-likeness (QED) is 0.736. The number of nitrogens with one attached hydrogen (secondary N) is 1. The number of rotatable bonds is 6. The maximum Gasteiger partial charge on any atom is 0.237 e. The van der Waals surface area contributed by atoms with Crippen molar-refractivity contribution in [3.05, 3.63) is 0 Å². The molecule has 0 aromatic carbocycles. The summed E-state index contributed by atoms with van der Waals surface area (Å²) < 4.78 is 5.56. The van der Waals surface area contributed by atoms with Crippen LogP contribution in [0.2, 0.25) is 0 Å². The smallest absolute Gasteiger partial charge is 0.237 e. The van der Waals surface area contributed by atoms with Crippen molar-refractivity contribution in [2.45, 2.75) is 63.8 Å². The number of primary amides is 1. The predicted octanol–water partition coefficient (Wildman–Crippen LogP) is 0.482. The van der Waals surface area contributed by atoms with E-state index in [1.807, 2.05) is 6.92 Å². The van der Waals surface area contributed by atoms with E-state index in [0.717, 1.165) is 39.0 Å². The first-order chi connectivity index (χ1) is 8.90. The van der Waals surface area contributed by atoms with E-state index >= 15 is 0 Å². The summed E-state index contributed by atoms with van der Waals surface area (Å²) in [5.41, 5.74) is 5.01. The maximum absolute atomic E-state index is 11.8. The Balaban J connectivity index is 1.93. The van der Waals surface area contributed by atoms with Crippen LogP contribution in [0.15, 0.2) is 0 Å². The average molecular weight is 269 g/mol. The van der Waals surface area contributed by atoms with Crippen molar-refractivity contribution in [3.63, 3.8) is 0 Å². The third-order valence-corrected chi connectivity index (χ3v) is 4.24. The number of carbonyl (C=O) groups is 1. The number of carbonyl (C=O) groups excluding carboxylic acids is 1. The van der Waals surface area contributed by atoms with E-state index in [4.69, 9.17) is 10.5 Å². The molecule has 2 rings (SSSR count). The standard InChI is InChI=1S/C14H27N3O2/c1-10(17-6-7-19-11(2)9-17)8-14(3,13(15)18)16-12-4-5-12/h10-12,16H,4-9H2,1-3H3,(H2,15,18). The predicted molar refractivity (Wildman–Crippen MR) is 74.8 cm³/mol. The van der Waals surface area contributed by atoms with Gasteiger partial charge in [0, 0.05) is 25.2 Å². The number of hydrogen-bond acceptors (Lipinski definition) is 4. The normalized spacial score (nSPS) is 29.7. The molecule has 3 N–H and O–H groups in total. The maximum atomic E-state index is 11.8. The van der Waals surface area contributed by atoms with E-state index in [0.29, 0.717) is 12.1 Å². The van der Waals surface area contributed by atoms with Crippen LogP contribution in [0, 0.1) is 0 Å². The number of nitrogens with two attached hydrogens (primary N) is 1. The number of ether oxygens (including phenoxy) is 1. The van der Waals surface area contributed by atoms with Crippen molar-refractivity contribution in [3.8, 4) is 0 Å². The summed E-state index contributed by atoms with van der Waals surface area (Å²) in [6, 6.07) is 0.809. The molecule has 0 spiro atoms. The minimum Gasteiger partial charge on any atom is -0.376 e. The lowest BCUT2D eigenvalue weighted by Crippen LogP contribution is -2.58. The highest BCUT2D eigenvalue weighted by atomic mass is 16.5. The Kier molecular flexibility index (Phi) is 4.48. The second-order valence-corrected chi connectivity index (χ2v) is 6.34.